The van der Waals surface area contributed by atoms with Crippen molar-refractivity contribution in [1.82, 2.24) is 14.8 Å². The predicted octanol–water partition coefficient (Wildman–Crippen LogP) is 5.91. The molecule has 1 heterocycles. The van der Waals surface area contributed by atoms with Crippen LogP contribution in [-0.2, 0) is 17.5 Å². The molecule has 1 saturated carbocycles. The van der Waals surface area contributed by atoms with E-state index >= 15 is 0 Å². The van der Waals surface area contributed by atoms with Crippen molar-refractivity contribution in [3.05, 3.63) is 47.3 Å². The quantitative estimate of drug-likeness (QED) is 0.413. The van der Waals surface area contributed by atoms with Crippen molar-refractivity contribution >= 4 is 35.0 Å². The summed E-state index contributed by atoms with van der Waals surface area (Å²) in [6, 6.07) is 3.24. The van der Waals surface area contributed by atoms with Crippen molar-refractivity contribution in [3.8, 4) is 0 Å². The number of thioether (sulfide) groups is 1. The van der Waals surface area contributed by atoms with Crippen LogP contribution in [0.5, 0.6) is 0 Å². The average molecular weight is 459 g/mol. The molecule has 2 aromatic rings. The summed E-state index contributed by atoms with van der Waals surface area (Å²) in [6.07, 6.45) is 2.74. The summed E-state index contributed by atoms with van der Waals surface area (Å²) in [5.74, 6) is 0.549. The van der Waals surface area contributed by atoms with Crippen LogP contribution in [0.3, 0.4) is 0 Å². The lowest BCUT2D eigenvalue weighted by atomic mass is 9.89. The molecule has 1 aliphatic rings. The van der Waals surface area contributed by atoms with E-state index in [1.807, 2.05) is 4.57 Å². The lowest BCUT2D eigenvalue weighted by Gasteiger charge is -2.21. The third-order valence-electron chi connectivity index (χ3n) is 4.92. The SMILES string of the molecule is C=CCn1c(SCC(=O)Nc2ccc(Cl)cc2C(F)(F)F)nnc1C1CCCCC1. The third-order valence-corrected chi connectivity index (χ3v) is 6.12. The molecule has 1 N–H and O–H groups in total. The van der Waals surface area contributed by atoms with Crippen molar-refractivity contribution in [3.63, 3.8) is 0 Å². The molecule has 1 aromatic heterocycles. The molecule has 162 valence electrons. The molecule has 0 atom stereocenters. The summed E-state index contributed by atoms with van der Waals surface area (Å²) in [4.78, 5) is 12.3. The molecule has 1 fully saturated rings. The molecule has 0 saturated heterocycles. The summed E-state index contributed by atoms with van der Waals surface area (Å²) >= 11 is 6.81. The highest BCUT2D eigenvalue weighted by molar-refractivity contribution is 7.99. The van der Waals surface area contributed by atoms with Crippen LogP contribution in [0.25, 0.3) is 0 Å². The van der Waals surface area contributed by atoms with Crippen LogP contribution >= 0.6 is 23.4 Å². The smallest absolute Gasteiger partial charge is 0.325 e. The summed E-state index contributed by atoms with van der Waals surface area (Å²) in [5.41, 5.74) is -1.31. The number of alkyl halides is 3. The van der Waals surface area contributed by atoms with Gasteiger partial charge in [-0.1, -0.05) is 48.7 Å². The highest BCUT2D eigenvalue weighted by Crippen LogP contribution is 2.37. The molecule has 5 nitrogen and oxygen atoms in total. The first kappa shape index (κ1) is 22.7. The van der Waals surface area contributed by atoms with Gasteiger partial charge in [0.15, 0.2) is 5.16 Å². The van der Waals surface area contributed by atoms with Gasteiger partial charge in [-0.2, -0.15) is 13.2 Å². The van der Waals surface area contributed by atoms with Crippen LogP contribution < -0.4 is 5.32 Å². The maximum atomic E-state index is 13.2. The van der Waals surface area contributed by atoms with E-state index in [1.165, 1.54) is 12.5 Å². The molecular formula is C20H22ClF3N4OS. The zero-order valence-electron chi connectivity index (χ0n) is 16.2. The Labute approximate surface area is 182 Å². The predicted molar refractivity (Wildman–Crippen MR) is 112 cm³/mol. The molecule has 0 radical (unpaired) electrons. The van der Waals surface area contributed by atoms with Crippen LogP contribution in [0, 0.1) is 0 Å². The molecule has 1 amide bonds. The number of aromatic nitrogens is 3. The number of nitrogens with zero attached hydrogens (tertiary/aromatic N) is 3. The van der Waals surface area contributed by atoms with Crippen LogP contribution in [0.1, 0.15) is 49.4 Å². The topological polar surface area (TPSA) is 59.8 Å². The number of amides is 1. The van der Waals surface area contributed by atoms with Gasteiger partial charge in [-0.25, -0.2) is 0 Å². The van der Waals surface area contributed by atoms with Gasteiger partial charge in [0.2, 0.25) is 5.91 Å². The maximum Gasteiger partial charge on any atom is 0.418 e. The van der Waals surface area contributed by atoms with Gasteiger partial charge in [0, 0.05) is 17.5 Å². The van der Waals surface area contributed by atoms with E-state index in [1.54, 1.807) is 6.08 Å². The molecular weight excluding hydrogens is 437 g/mol. The number of allylic oxidation sites excluding steroid dienone is 1. The number of halogens is 4. The molecule has 0 aliphatic heterocycles. The lowest BCUT2D eigenvalue weighted by Crippen LogP contribution is -2.18. The average Bonchev–Trinajstić information content (AvgIpc) is 3.10. The van der Waals surface area contributed by atoms with E-state index in [2.05, 4.69) is 22.1 Å². The van der Waals surface area contributed by atoms with Crippen molar-refractivity contribution in [2.75, 3.05) is 11.1 Å². The fraction of sp³-hybridized carbons (Fsp3) is 0.450. The standard InChI is InChI=1S/C20H22ClF3N4OS/c1-2-10-28-18(13-6-4-3-5-7-13)26-27-19(28)30-12-17(29)25-16-9-8-14(21)11-15(16)20(22,23)24/h2,8-9,11,13H,1,3-7,10,12H2,(H,25,29). The largest absolute Gasteiger partial charge is 0.418 e. The molecule has 0 bridgehead atoms. The van der Waals surface area contributed by atoms with Crippen molar-refractivity contribution in [1.29, 1.82) is 0 Å². The zero-order valence-corrected chi connectivity index (χ0v) is 17.8. The Morgan fingerprint density at radius 3 is 2.70 bits per heavy atom. The zero-order chi connectivity index (χ0) is 21.7. The number of anilines is 1. The van der Waals surface area contributed by atoms with E-state index in [-0.39, 0.29) is 16.5 Å². The molecule has 0 unspecified atom stereocenters. The second kappa shape index (κ2) is 9.87. The Balaban J connectivity index is 1.69. The van der Waals surface area contributed by atoms with Crippen molar-refractivity contribution in [2.45, 2.75) is 55.9 Å². The summed E-state index contributed by atoms with van der Waals surface area (Å²) in [6.45, 7) is 4.28. The second-order valence-electron chi connectivity index (χ2n) is 7.10. The Hall–Kier alpha value is -2.00. The van der Waals surface area contributed by atoms with E-state index in [4.69, 9.17) is 11.6 Å². The van der Waals surface area contributed by atoms with Crippen LogP contribution in [0.15, 0.2) is 36.0 Å². The second-order valence-corrected chi connectivity index (χ2v) is 8.48. The molecule has 3 rings (SSSR count). The number of benzene rings is 1. The lowest BCUT2D eigenvalue weighted by molar-refractivity contribution is -0.137. The number of carbonyl (C=O) groups is 1. The van der Waals surface area contributed by atoms with Crippen LogP contribution in [0.2, 0.25) is 5.02 Å². The summed E-state index contributed by atoms with van der Waals surface area (Å²) < 4.78 is 41.5. The van der Waals surface area contributed by atoms with Crippen molar-refractivity contribution < 1.29 is 18.0 Å². The fourth-order valence-electron chi connectivity index (χ4n) is 3.55. The van der Waals surface area contributed by atoms with Gasteiger partial charge in [0.25, 0.3) is 0 Å². The van der Waals surface area contributed by atoms with Gasteiger partial charge >= 0.3 is 6.18 Å². The van der Waals surface area contributed by atoms with Gasteiger partial charge in [-0.05, 0) is 31.0 Å². The molecule has 10 heteroatoms. The van der Waals surface area contributed by atoms with Gasteiger partial charge in [0.1, 0.15) is 5.82 Å². The van der Waals surface area contributed by atoms with Gasteiger partial charge in [-0.15, -0.1) is 16.8 Å². The highest BCUT2D eigenvalue weighted by atomic mass is 35.5. The van der Waals surface area contributed by atoms with Gasteiger partial charge < -0.3 is 9.88 Å². The number of carbonyl (C=O) groups excluding carboxylic acids is 1. The maximum absolute atomic E-state index is 13.2. The Bertz CT molecular complexity index is 910. The molecule has 1 aliphatic carbocycles. The number of rotatable bonds is 7. The number of hydrogen-bond acceptors (Lipinski definition) is 4. The van der Waals surface area contributed by atoms with Gasteiger partial charge in [-0.3, -0.25) is 4.79 Å². The summed E-state index contributed by atoms with van der Waals surface area (Å²) in [7, 11) is 0. The monoisotopic (exact) mass is 458 g/mol. The Morgan fingerprint density at radius 1 is 1.30 bits per heavy atom. The van der Waals surface area contributed by atoms with E-state index < -0.39 is 17.6 Å². The van der Waals surface area contributed by atoms with Crippen LogP contribution in [0.4, 0.5) is 18.9 Å². The minimum atomic E-state index is -4.63. The van der Waals surface area contributed by atoms with Crippen LogP contribution in [-0.4, -0.2) is 26.4 Å². The van der Waals surface area contributed by atoms with E-state index in [0.29, 0.717) is 17.6 Å². The number of hydrogen-bond donors (Lipinski definition) is 1. The molecule has 0 spiro atoms. The Kier molecular flexibility index (Phi) is 7.46. The number of nitrogens with one attached hydrogen (secondary N) is 1. The van der Waals surface area contributed by atoms with E-state index in [9.17, 15) is 18.0 Å². The first-order chi connectivity index (χ1) is 14.3. The van der Waals surface area contributed by atoms with Gasteiger partial charge in [0.05, 0.1) is 17.0 Å². The van der Waals surface area contributed by atoms with Crippen molar-refractivity contribution in [2.24, 2.45) is 0 Å². The normalized spacial score (nSPS) is 15.2. The first-order valence-corrected chi connectivity index (χ1v) is 11.0. The first-order valence-electron chi connectivity index (χ1n) is 9.63. The minimum Gasteiger partial charge on any atom is -0.325 e. The molecule has 30 heavy (non-hydrogen) atoms. The summed E-state index contributed by atoms with van der Waals surface area (Å²) in [5, 5.41) is 11.4. The minimum absolute atomic E-state index is 0.0533. The van der Waals surface area contributed by atoms with E-state index in [0.717, 1.165) is 55.4 Å². The molecule has 1 aromatic carbocycles. The fourth-order valence-corrected chi connectivity index (χ4v) is 4.47. The Morgan fingerprint density at radius 2 is 2.03 bits per heavy atom. The highest BCUT2D eigenvalue weighted by Gasteiger charge is 2.34. The third kappa shape index (κ3) is 5.57.